The normalized spacial score (nSPS) is 13.6. The highest BCUT2D eigenvalue weighted by Gasteiger charge is 2.20. The third kappa shape index (κ3) is 3.04. The van der Waals surface area contributed by atoms with Gasteiger partial charge in [0.25, 0.3) is 5.56 Å². The van der Waals surface area contributed by atoms with Crippen molar-refractivity contribution in [1.82, 2.24) is 9.55 Å². The molecule has 130 valence electrons. The molecule has 5 nitrogen and oxygen atoms in total. The number of pyridine rings is 2. The Bertz CT molecular complexity index is 1040. The van der Waals surface area contributed by atoms with Crippen molar-refractivity contribution in [1.29, 1.82) is 0 Å². The van der Waals surface area contributed by atoms with Gasteiger partial charge in [0.2, 0.25) is 5.91 Å². The molecule has 3 heterocycles. The largest absolute Gasteiger partial charge is 0.315 e. The molecule has 0 saturated carbocycles. The van der Waals surface area contributed by atoms with E-state index < -0.39 is 0 Å². The van der Waals surface area contributed by atoms with E-state index >= 15 is 0 Å². The van der Waals surface area contributed by atoms with Gasteiger partial charge in [0.15, 0.2) is 0 Å². The predicted octanol–water partition coefficient (Wildman–Crippen LogP) is 2.87. The van der Waals surface area contributed by atoms with E-state index in [0.29, 0.717) is 13.0 Å². The molecule has 1 amide bonds. The van der Waals surface area contributed by atoms with E-state index in [4.69, 9.17) is 0 Å². The molecule has 1 aromatic carbocycles. The van der Waals surface area contributed by atoms with Gasteiger partial charge in [-0.2, -0.15) is 0 Å². The van der Waals surface area contributed by atoms with Gasteiger partial charge in [0.1, 0.15) is 0 Å². The number of amides is 1. The Morgan fingerprint density at radius 1 is 1.00 bits per heavy atom. The SMILES string of the molecule is CN1C(=O)CCc2cc(-c3cncc(Cn4ccccc4=O)c3)ccc21. The number of carbonyl (C=O) groups excluding carboxylic acids is 1. The molecule has 0 aliphatic carbocycles. The van der Waals surface area contributed by atoms with Crippen molar-refractivity contribution in [2.45, 2.75) is 19.4 Å². The van der Waals surface area contributed by atoms with Gasteiger partial charge in [-0.1, -0.05) is 12.1 Å². The number of fused-ring (bicyclic) bond motifs is 1. The lowest BCUT2D eigenvalue weighted by molar-refractivity contribution is -0.118. The quantitative estimate of drug-likeness (QED) is 0.733. The summed E-state index contributed by atoms with van der Waals surface area (Å²) in [5, 5.41) is 0. The first-order valence-corrected chi connectivity index (χ1v) is 8.61. The fraction of sp³-hybridized carbons (Fsp3) is 0.190. The molecule has 0 fully saturated rings. The molecule has 0 unspecified atom stereocenters. The number of aromatic nitrogens is 2. The van der Waals surface area contributed by atoms with E-state index in [1.165, 1.54) is 5.56 Å². The minimum absolute atomic E-state index is 0.0283. The molecule has 2 aromatic heterocycles. The van der Waals surface area contributed by atoms with Gasteiger partial charge in [0, 0.05) is 49.4 Å². The Balaban J connectivity index is 1.66. The zero-order valence-corrected chi connectivity index (χ0v) is 14.6. The Kier molecular flexibility index (Phi) is 4.13. The second-order valence-electron chi connectivity index (χ2n) is 6.54. The van der Waals surface area contributed by atoms with Crippen LogP contribution in [0.15, 0.2) is 65.8 Å². The average Bonchev–Trinajstić information content (AvgIpc) is 2.67. The number of nitrogens with zero attached hydrogens (tertiary/aromatic N) is 3. The third-order valence-corrected chi connectivity index (χ3v) is 4.80. The lowest BCUT2D eigenvalue weighted by Gasteiger charge is -2.26. The van der Waals surface area contributed by atoms with Gasteiger partial charge in [-0.3, -0.25) is 14.6 Å². The summed E-state index contributed by atoms with van der Waals surface area (Å²) in [6, 6.07) is 13.3. The van der Waals surface area contributed by atoms with Crippen LogP contribution >= 0.6 is 0 Å². The van der Waals surface area contributed by atoms with Crippen molar-refractivity contribution in [2.24, 2.45) is 0 Å². The number of carbonyl (C=O) groups is 1. The van der Waals surface area contributed by atoms with E-state index in [0.717, 1.165) is 28.8 Å². The third-order valence-electron chi connectivity index (χ3n) is 4.80. The van der Waals surface area contributed by atoms with Gasteiger partial charge in [0.05, 0.1) is 6.54 Å². The molecule has 0 radical (unpaired) electrons. The second-order valence-corrected chi connectivity index (χ2v) is 6.54. The molecule has 0 saturated heterocycles. The molecule has 0 spiro atoms. The van der Waals surface area contributed by atoms with Crippen molar-refractivity contribution < 1.29 is 4.79 Å². The van der Waals surface area contributed by atoms with Gasteiger partial charge in [-0.15, -0.1) is 0 Å². The monoisotopic (exact) mass is 345 g/mol. The second kappa shape index (κ2) is 6.59. The maximum Gasteiger partial charge on any atom is 0.250 e. The molecule has 26 heavy (non-hydrogen) atoms. The molecule has 4 rings (SSSR count). The summed E-state index contributed by atoms with van der Waals surface area (Å²) in [6.07, 6.45) is 6.70. The molecule has 0 atom stereocenters. The van der Waals surface area contributed by atoms with Crippen LogP contribution in [-0.4, -0.2) is 22.5 Å². The van der Waals surface area contributed by atoms with Gasteiger partial charge in [-0.25, -0.2) is 0 Å². The van der Waals surface area contributed by atoms with Crippen molar-refractivity contribution in [3.05, 3.63) is 82.5 Å². The highest BCUT2D eigenvalue weighted by atomic mass is 16.2. The molecular weight excluding hydrogens is 326 g/mol. The van der Waals surface area contributed by atoms with Crippen LogP contribution in [0.5, 0.6) is 0 Å². The molecule has 0 bridgehead atoms. The van der Waals surface area contributed by atoms with Crippen molar-refractivity contribution >= 4 is 11.6 Å². The number of hydrogen-bond acceptors (Lipinski definition) is 3. The Hall–Kier alpha value is -3.21. The number of benzene rings is 1. The highest BCUT2D eigenvalue weighted by molar-refractivity contribution is 5.96. The molecule has 0 N–H and O–H groups in total. The fourth-order valence-corrected chi connectivity index (χ4v) is 3.36. The number of anilines is 1. The van der Waals surface area contributed by atoms with Crippen LogP contribution in [-0.2, 0) is 17.8 Å². The number of hydrogen-bond donors (Lipinski definition) is 0. The minimum atomic E-state index is -0.0283. The van der Waals surface area contributed by atoms with E-state index in [1.54, 1.807) is 34.0 Å². The van der Waals surface area contributed by atoms with Crippen LogP contribution in [0.4, 0.5) is 5.69 Å². The molecular formula is C21H19N3O2. The topological polar surface area (TPSA) is 55.2 Å². The van der Waals surface area contributed by atoms with E-state index in [2.05, 4.69) is 17.1 Å². The van der Waals surface area contributed by atoms with Crippen LogP contribution in [0.25, 0.3) is 11.1 Å². The Morgan fingerprint density at radius 3 is 2.73 bits per heavy atom. The first-order valence-electron chi connectivity index (χ1n) is 8.61. The van der Waals surface area contributed by atoms with Crippen LogP contribution in [0.1, 0.15) is 17.5 Å². The number of aryl methyl sites for hydroxylation is 1. The summed E-state index contributed by atoms with van der Waals surface area (Å²) < 4.78 is 1.66. The summed E-state index contributed by atoms with van der Waals surface area (Å²) in [7, 11) is 1.82. The summed E-state index contributed by atoms with van der Waals surface area (Å²) in [6.45, 7) is 0.489. The van der Waals surface area contributed by atoms with Crippen LogP contribution < -0.4 is 10.5 Å². The smallest absolute Gasteiger partial charge is 0.250 e. The average molecular weight is 345 g/mol. The van der Waals surface area contributed by atoms with E-state index in [9.17, 15) is 9.59 Å². The highest BCUT2D eigenvalue weighted by Crippen LogP contribution is 2.31. The van der Waals surface area contributed by atoms with Crippen molar-refractivity contribution in [3.8, 4) is 11.1 Å². The minimum Gasteiger partial charge on any atom is -0.315 e. The van der Waals surface area contributed by atoms with Crippen molar-refractivity contribution in [2.75, 3.05) is 11.9 Å². The molecule has 5 heteroatoms. The first-order chi connectivity index (χ1) is 12.6. The lowest BCUT2D eigenvalue weighted by atomic mass is 9.96. The van der Waals surface area contributed by atoms with Gasteiger partial charge >= 0.3 is 0 Å². The zero-order chi connectivity index (χ0) is 18.1. The van der Waals surface area contributed by atoms with Crippen molar-refractivity contribution in [3.63, 3.8) is 0 Å². The fourth-order valence-electron chi connectivity index (χ4n) is 3.36. The Labute approximate surface area is 151 Å². The van der Waals surface area contributed by atoms with Crippen LogP contribution in [0.2, 0.25) is 0 Å². The number of rotatable bonds is 3. The summed E-state index contributed by atoms with van der Waals surface area (Å²) >= 11 is 0. The zero-order valence-electron chi connectivity index (χ0n) is 14.6. The first kappa shape index (κ1) is 16.3. The summed E-state index contributed by atoms with van der Waals surface area (Å²) in [4.78, 5) is 29.8. The Morgan fingerprint density at radius 2 is 1.88 bits per heavy atom. The van der Waals surface area contributed by atoms with Crippen LogP contribution in [0, 0.1) is 0 Å². The van der Waals surface area contributed by atoms with Crippen LogP contribution in [0.3, 0.4) is 0 Å². The predicted molar refractivity (Wildman–Crippen MR) is 101 cm³/mol. The van der Waals surface area contributed by atoms with Gasteiger partial charge < -0.3 is 9.47 Å². The summed E-state index contributed by atoms with van der Waals surface area (Å²) in [5.41, 5.74) is 5.18. The van der Waals surface area contributed by atoms with E-state index in [-0.39, 0.29) is 11.5 Å². The maximum absolute atomic E-state index is 11.9. The van der Waals surface area contributed by atoms with Gasteiger partial charge in [-0.05, 0) is 47.4 Å². The molecule has 1 aliphatic rings. The van der Waals surface area contributed by atoms with E-state index in [1.807, 2.05) is 31.4 Å². The molecule has 3 aromatic rings. The maximum atomic E-state index is 11.9. The standard InChI is InChI=1S/C21H19N3O2/c1-23-19-7-5-16(11-17(19)6-8-20(23)25)18-10-15(12-22-13-18)14-24-9-3-2-4-21(24)26/h2-5,7,9-13H,6,8,14H2,1H3. The summed E-state index contributed by atoms with van der Waals surface area (Å²) in [5.74, 6) is 0.155. The lowest BCUT2D eigenvalue weighted by Crippen LogP contribution is -2.30. The molecule has 1 aliphatic heterocycles.